The lowest BCUT2D eigenvalue weighted by Gasteiger charge is -2.32. The Hall–Kier alpha value is -4.05. The van der Waals surface area contributed by atoms with Crippen LogP contribution in [0, 0.1) is 11.7 Å². The van der Waals surface area contributed by atoms with Crippen LogP contribution in [0.2, 0.25) is 0 Å². The van der Waals surface area contributed by atoms with E-state index in [-0.39, 0.29) is 29.1 Å². The monoisotopic (exact) mass is 640 g/mol. The van der Waals surface area contributed by atoms with Crippen molar-refractivity contribution in [3.8, 4) is 11.3 Å². The second kappa shape index (κ2) is 12.5. The van der Waals surface area contributed by atoms with Crippen molar-refractivity contribution >= 4 is 34.9 Å². The van der Waals surface area contributed by atoms with Crippen molar-refractivity contribution < 1.29 is 40.3 Å². The predicted octanol–water partition coefficient (Wildman–Crippen LogP) is 6.05. The van der Waals surface area contributed by atoms with Gasteiger partial charge in [-0.3, -0.25) is 19.9 Å². The lowest BCUT2D eigenvalue weighted by molar-refractivity contribution is -0.142. The number of rotatable bonds is 7. The smallest absolute Gasteiger partial charge is 0.341 e. The van der Waals surface area contributed by atoms with Crippen molar-refractivity contribution in [2.75, 3.05) is 24.5 Å². The highest BCUT2D eigenvalue weighted by Crippen LogP contribution is 2.40. The highest BCUT2D eigenvalue weighted by molar-refractivity contribution is 8.18. The second-order valence-corrected chi connectivity index (χ2v) is 11.1. The SMILES string of the molecule is O=C1NC(=O)/C(=C\c2ccnc(N3CCC(CNCc4cc(F)cc(-c5ccc(C(F)(F)F)cc5C(F)(F)F)n4)CC3)n2)S1. The number of imide groups is 1. The standard InChI is InChI=1S/C28H23F7N6O2S/c29-17-10-19(38-22(11-17)20-2-1-16(27(30,31)32)9-21(20)28(33,34)35)14-36-13-15-4-7-41(8-5-15)25-37-6-3-18(39-25)12-23-24(42)40-26(43)44-23/h1-3,6,9-12,15,36H,4-5,7-8,13-14H2,(H,40,42,43)/b23-12+. The van der Waals surface area contributed by atoms with Crippen LogP contribution in [0.3, 0.4) is 0 Å². The lowest BCUT2D eigenvalue weighted by Crippen LogP contribution is -2.38. The van der Waals surface area contributed by atoms with E-state index in [0.717, 1.165) is 36.7 Å². The Morgan fingerprint density at radius 2 is 1.75 bits per heavy atom. The van der Waals surface area contributed by atoms with Crippen molar-refractivity contribution in [1.82, 2.24) is 25.6 Å². The van der Waals surface area contributed by atoms with Gasteiger partial charge in [-0.15, -0.1) is 0 Å². The molecule has 2 fully saturated rings. The molecule has 232 valence electrons. The summed E-state index contributed by atoms with van der Waals surface area (Å²) in [6, 6.07) is 4.59. The molecule has 3 aromatic rings. The van der Waals surface area contributed by atoms with Crippen LogP contribution in [-0.2, 0) is 23.7 Å². The van der Waals surface area contributed by atoms with Crippen LogP contribution in [0.5, 0.6) is 0 Å². The van der Waals surface area contributed by atoms with Gasteiger partial charge >= 0.3 is 12.4 Å². The highest BCUT2D eigenvalue weighted by atomic mass is 32.2. The number of carbonyl (C=O) groups excluding carboxylic acids is 2. The van der Waals surface area contributed by atoms with E-state index >= 15 is 0 Å². The van der Waals surface area contributed by atoms with Crippen LogP contribution < -0.4 is 15.5 Å². The summed E-state index contributed by atoms with van der Waals surface area (Å²) in [5.41, 5.74) is -3.52. The Balaban J connectivity index is 1.19. The number of piperidine rings is 1. The van der Waals surface area contributed by atoms with E-state index in [2.05, 4.69) is 25.6 Å². The van der Waals surface area contributed by atoms with Crippen LogP contribution >= 0.6 is 11.8 Å². The summed E-state index contributed by atoms with van der Waals surface area (Å²) in [7, 11) is 0. The molecule has 16 heteroatoms. The van der Waals surface area contributed by atoms with Gasteiger partial charge in [0.25, 0.3) is 11.1 Å². The van der Waals surface area contributed by atoms with Gasteiger partial charge in [0.05, 0.1) is 33.1 Å². The normalized spacial score (nSPS) is 17.4. The maximum atomic E-state index is 14.4. The number of hydrogen-bond donors (Lipinski definition) is 2. The van der Waals surface area contributed by atoms with Gasteiger partial charge in [0.15, 0.2) is 0 Å². The van der Waals surface area contributed by atoms with Crippen LogP contribution in [-0.4, -0.2) is 45.7 Å². The molecule has 5 rings (SSSR count). The molecule has 2 N–H and O–H groups in total. The van der Waals surface area contributed by atoms with Gasteiger partial charge in [0.1, 0.15) is 5.82 Å². The third kappa shape index (κ3) is 7.53. The fourth-order valence-electron chi connectivity index (χ4n) is 4.85. The van der Waals surface area contributed by atoms with E-state index in [9.17, 15) is 40.3 Å². The van der Waals surface area contributed by atoms with E-state index in [1.807, 2.05) is 4.90 Å². The van der Waals surface area contributed by atoms with E-state index in [1.165, 1.54) is 6.08 Å². The average molecular weight is 641 g/mol. The van der Waals surface area contributed by atoms with Gasteiger partial charge in [-0.2, -0.15) is 26.3 Å². The zero-order valence-electron chi connectivity index (χ0n) is 22.6. The molecule has 0 aliphatic carbocycles. The zero-order chi connectivity index (χ0) is 31.6. The summed E-state index contributed by atoms with van der Waals surface area (Å²) in [5, 5.41) is 4.87. The van der Waals surface area contributed by atoms with Crippen molar-refractivity contribution in [3.05, 3.63) is 75.8 Å². The van der Waals surface area contributed by atoms with Gasteiger partial charge in [-0.25, -0.2) is 14.4 Å². The molecule has 8 nitrogen and oxygen atoms in total. The number of nitrogens with zero attached hydrogens (tertiary/aromatic N) is 4. The fraction of sp³-hybridized carbons (Fsp3) is 0.321. The number of amides is 2. The van der Waals surface area contributed by atoms with Gasteiger partial charge in [-0.1, -0.05) is 6.07 Å². The van der Waals surface area contributed by atoms with Crippen LogP contribution in [0.4, 0.5) is 41.5 Å². The number of aromatic nitrogens is 3. The summed E-state index contributed by atoms with van der Waals surface area (Å²) >= 11 is 0.792. The van der Waals surface area contributed by atoms with Crippen molar-refractivity contribution in [2.45, 2.75) is 31.7 Å². The number of thioether (sulfide) groups is 1. The molecule has 0 spiro atoms. The summed E-state index contributed by atoms with van der Waals surface area (Å²) < 4.78 is 94.4. The average Bonchev–Trinajstić information content (AvgIpc) is 3.27. The quantitative estimate of drug-likeness (QED) is 0.238. The number of carbonyl (C=O) groups is 2. The summed E-state index contributed by atoms with van der Waals surface area (Å²) in [5.74, 6) is -0.673. The van der Waals surface area contributed by atoms with Crippen LogP contribution in [0.25, 0.3) is 17.3 Å². The van der Waals surface area contributed by atoms with E-state index in [0.29, 0.717) is 43.4 Å². The molecule has 4 heterocycles. The van der Waals surface area contributed by atoms with E-state index < -0.39 is 51.7 Å². The van der Waals surface area contributed by atoms with E-state index in [4.69, 9.17) is 0 Å². The molecule has 1 aromatic carbocycles. The summed E-state index contributed by atoms with van der Waals surface area (Å²) in [6.07, 6.45) is -5.53. The number of halogens is 7. The first-order chi connectivity index (χ1) is 20.8. The Kier molecular flexibility index (Phi) is 8.92. The molecule has 0 saturated carbocycles. The Bertz CT molecular complexity index is 1600. The summed E-state index contributed by atoms with van der Waals surface area (Å²) in [4.78, 5) is 38.3. The minimum absolute atomic E-state index is 0.0000136. The highest BCUT2D eigenvalue weighted by Gasteiger charge is 2.38. The maximum absolute atomic E-state index is 14.4. The topological polar surface area (TPSA) is 100 Å². The zero-order valence-corrected chi connectivity index (χ0v) is 23.4. The fourth-order valence-corrected chi connectivity index (χ4v) is 5.52. The maximum Gasteiger partial charge on any atom is 0.417 e. The lowest BCUT2D eigenvalue weighted by atomic mass is 9.97. The van der Waals surface area contributed by atoms with E-state index in [1.54, 1.807) is 12.3 Å². The number of alkyl halides is 6. The second-order valence-electron chi connectivity index (χ2n) is 10.1. The molecule has 0 bridgehead atoms. The van der Waals surface area contributed by atoms with Crippen LogP contribution in [0.15, 0.2) is 47.5 Å². The van der Waals surface area contributed by atoms with Crippen molar-refractivity contribution in [1.29, 1.82) is 0 Å². The minimum Gasteiger partial charge on any atom is -0.341 e. The Morgan fingerprint density at radius 3 is 2.41 bits per heavy atom. The van der Waals surface area contributed by atoms with Gasteiger partial charge in [0, 0.05) is 37.5 Å². The molecule has 44 heavy (non-hydrogen) atoms. The minimum atomic E-state index is -5.12. The first-order valence-corrected chi connectivity index (χ1v) is 14.1. The molecule has 0 radical (unpaired) electrons. The number of pyridine rings is 1. The third-order valence-electron chi connectivity index (χ3n) is 6.99. The molecule has 2 saturated heterocycles. The number of hydrogen-bond acceptors (Lipinski definition) is 8. The predicted molar refractivity (Wildman–Crippen MR) is 147 cm³/mol. The first-order valence-electron chi connectivity index (χ1n) is 13.2. The first kappa shape index (κ1) is 31.4. The molecule has 2 amide bonds. The Labute approximate surface area is 250 Å². The largest absolute Gasteiger partial charge is 0.417 e. The molecule has 0 unspecified atom stereocenters. The van der Waals surface area contributed by atoms with Crippen molar-refractivity contribution in [3.63, 3.8) is 0 Å². The molecule has 2 aromatic heterocycles. The van der Waals surface area contributed by atoms with Crippen LogP contribution in [0.1, 0.15) is 35.4 Å². The van der Waals surface area contributed by atoms with Gasteiger partial charge in [-0.05, 0) is 67.4 Å². The Morgan fingerprint density at radius 1 is 1.00 bits per heavy atom. The molecule has 0 atom stereocenters. The molecule has 2 aliphatic heterocycles. The molecular formula is C28H23F7N6O2S. The number of benzene rings is 1. The van der Waals surface area contributed by atoms with Gasteiger partial charge < -0.3 is 10.2 Å². The van der Waals surface area contributed by atoms with Gasteiger partial charge in [0.2, 0.25) is 5.95 Å². The molecule has 2 aliphatic rings. The number of anilines is 1. The third-order valence-corrected chi connectivity index (χ3v) is 7.80. The number of nitrogens with one attached hydrogen (secondary N) is 2. The van der Waals surface area contributed by atoms with Crippen molar-refractivity contribution in [2.24, 2.45) is 5.92 Å². The molecular weight excluding hydrogens is 617 g/mol. The summed E-state index contributed by atoms with van der Waals surface area (Å²) in [6.45, 7) is 1.77.